The van der Waals surface area contributed by atoms with Gasteiger partial charge in [0.1, 0.15) is 5.65 Å². The molecule has 4 N–H and O–H groups in total. The molecule has 4 rings (SSSR count). The van der Waals surface area contributed by atoms with E-state index in [2.05, 4.69) is 39.6 Å². The summed E-state index contributed by atoms with van der Waals surface area (Å²) < 4.78 is 0. The summed E-state index contributed by atoms with van der Waals surface area (Å²) in [6.07, 6.45) is 5.66. The molecule has 0 saturated heterocycles. The maximum absolute atomic E-state index is 11.0. The number of amides is 1. The van der Waals surface area contributed by atoms with E-state index in [0.29, 0.717) is 0 Å². The van der Waals surface area contributed by atoms with Gasteiger partial charge in [-0.1, -0.05) is 42.5 Å². The van der Waals surface area contributed by atoms with E-state index in [-0.39, 0.29) is 0 Å². The second-order valence-corrected chi connectivity index (χ2v) is 6.84. The van der Waals surface area contributed by atoms with Crippen LogP contribution in [0.2, 0.25) is 0 Å². The van der Waals surface area contributed by atoms with Crippen LogP contribution >= 0.6 is 0 Å². The van der Waals surface area contributed by atoms with Gasteiger partial charge in [-0.15, -0.1) is 0 Å². The number of H-pyrrole nitrogens is 1. The van der Waals surface area contributed by atoms with Crippen molar-refractivity contribution in [1.29, 1.82) is 0 Å². The zero-order chi connectivity index (χ0) is 20.1. The molecule has 0 saturated carbocycles. The van der Waals surface area contributed by atoms with Gasteiger partial charge >= 0.3 is 0 Å². The number of carbonyl (C=O) groups is 1. The van der Waals surface area contributed by atoms with Crippen LogP contribution in [0.4, 0.5) is 0 Å². The molecule has 146 valence electrons. The molecule has 1 amide bonds. The lowest BCUT2D eigenvalue weighted by atomic mass is 10.1. The average molecular weight is 386 g/mol. The predicted molar refractivity (Wildman–Crippen MR) is 114 cm³/mol. The average Bonchev–Trinajstić information content (AvgIpc) is 3.15. The highest BCUT2D eigenvalue weighted by molar-refractivity contribution is 6.06. The summed E-state index contributed by atoms with van der Waals surface area (Å²) in [5.41, 5.74) is 7.00. The molecular weight excluding hydrogens is 364 g/mol. The summed E-state index contributed by atoms with van der Waals surface area (Å²) in [6.45, 7) is 1.63. The molecule has 0 radical (unpaired) electrons. The monoisotopic (exact) mass is 386 g/mol. The Morgan fingerprint density at radius 3 is 2.72 bits per heavy atom. The molecule has 6 heteroatoms. The third-order valence-electron chi connectivity index (χ3n) is 4.91. The van der Waals surface area contributed by atoms with E-state index in [9.17, 15) is 4.79 Å². The number of nitrogens with one attached hydrogen (secondary N) is 3. The Morgan fingerprint density at radius 2 is 1.90 bits per heavy atom. The van der Waals surface area contributed by atoms with Gasteiger partial charge in [0.05, 0.1) is 5.52 Å². The van der Waals surface area contributed by atoms with Crippen molar-refractivity contribution in [3.8, 4) is 0 Å². The van der Waals surface area contributed by atoms with Crippen LogP contribution < -0.4 is 10.8 Å². The number of rotatable bonds is 7. The minimum atomic E-state index is -0.545. The topological polar surface area (TPSA) is 90.0 Å². The quantitative estimate of drug-likeness (QED) is 0.169. The van der Waals surface area contributed by atoms with Crippen LogP contribution in [0.15, 0.2) is 66.9 Å². The normalized spacial score (nSPS) is 11.5. The summed E-state index contributed by atoms with van der Waals surface area (Å²) in [4.78, 5) is 18.9. The number of fused-ring (bicyclic) bond motifs is 3. The summed E-state index contributed by atoms with van der Waals surface area (Å²) in [6, 6.07) is 18.4. The third-order valence-corrected chi connectivity index (χ3v) is 4.91. The van der Waals surface area contributed by atoms with Crippen molar-refractivity contribution >= 4 is 33.9 Å². The summed E-state index contributed by atoms with van der Waals surface area (Å²) >= 11 is 0. The second kappa shape index (κ2) is 8.68. The summed E-state index contributed by atoms with van der Waals surface area (Å²) in [7, 11) is 0. The van der Waals surface area contributed by atoms with E-state index >= 15 is 0 Å². The van der Waals surface area contributed by atoms with Gasteiger partial charge < -0.3 is 10.3 Å². The molecule has 0 bridgehead atoms. The molecule has 0 spiro atoms. The maximum Gasteiger partial charge on any atom is 0.267 e. The molecular formula is C23H22N4O2. The minimum absolute atomic E-state index is 0.545. The number of hydrogen-bond acceptors (Lipinski definition) is 4. The number of carbonyl (C=O) groups excluding carboxylic acids is 1. The van der Waals surface area contributed by atoms with Crippen molar-refractivity contribution in [1.82, 2.24) is 20.8 Å². The first-order valence-electron chi connectivity index (χ1n) is 9.51. The minimum Gasteiger partial charge on any atom is -0.339 e. The lowest BCUT2D eigenvalue weighted by Crippen LogP contribution is -2.16. The van der Waals surface area contributed by atoms with Crippen molar-refractivity contribution < 1.29 is 10.0 Å². The first kappa shape index (κ1) is 18.9. The van der Waals surface area contributed by atoms with Crippen LogP contribution in [0.25, 0.3) is 28.0 Å². The molecule has 0 aliphatic carbocycles. The first-order chi connectivity index (χ1) is 14.2. The van der Waals surface area contributed by atoms with Crippen LogP contribution in [-0.4, -0.2) is 27.6 Å². The van der Waals surface area contributed by atoms with Gasteiger partial charge in [0.25, 0.3) is 5.91 Å². The van der Waals surface area contributed by atoms with Crippen molar-refractivity contribution in [3.05, 3.63) is 83.6 Å². The molecule has 6 nitrogen and oxygen atoms in total. The third kappa shape index (κ3) is 4.34. The fraction of sp³-hybridized carbons (Fsp3) is 0.130. The number of benzene rings is 2. The molecule has 0 aliphatic rings. The van der Waals surface area contributed by atoms with E-state index in [1.165, 1.54) is 22.6 Å². The number of para-hydroxylation sites is 1. The SMILES string of the molecule is O=C(/C=C/c1ccc(CNCCc2cccc3c2[nH]c2ncccc23)cc1)NO. The van der Waals surface area contributed by atoms with Crippen molar-refractivity contribution in [2.45, 2.75) is 13.0 Å². The fourth-order valence-electron chi connectivity index (χ4n) is 3.43. The van der Waals surface area contributed by atoms with Gasteiger partial charge in [-0.05, 0) is 47.9 Å². The van der Waals surface area contributed by atoms with E-state index in [1.807, 2.05) is 30.3 Å². The molecule has 0 atom stereocenters. The number of nitrogens with zero attached hydrogens (tertiary/aromatic N) is 1. The maximum atomic E-state index is 11.0. The Morgan fingerprint density at radius 1 is 1.07 bits per heavy atom. The van der Waals surface area contributed by atoms with E-state index in [0.717, 1.165) is 41.6 Å². The highest BCUT2D eigenvalue weighted by Gasteiger charge is 2.08. The fourth-order valence-corrected chi connectivity index (χ4v) is 3.43. The lowest BCUT2D eigenvalue weighted by Gasteiger charge is -2.07. The first-order valence-corrected chi connectivity index (χ1v) is 9.51. The van der Waals surface area contributed by atoms with Crippen molar-refractivity contribution in [2.24, 2.45) is 0 Å². The highest BCUT2D eigenvalue weighted by Crippen LogP contribution is 2.26. The molecule has 0 fully saturated rings. The summed E-state index contributed by atoms with van der Waals surface area (Å²) in [5, 5.41) is 14.3. The van der Waals surface area contributed by atoms with Gasteiger partial charge in [0, 0.05) is 29.6 Å². The second-order valence-electron chi connectivity index (χ2n) is 6.84. The Hall–Kier alpha value is -3.48. The Labute approximate surface area is 168 Å². The standard InChI is InChI=1S/C23H22N4O2/c28-21(27-29)11-10-16-6-8-17(9-7-16)15-24-14-12-18-3-1-4-19-20-5-2-13-25-23(20)26-22(18)19/h1-11,13,24,29H,12,14-15H2,(H,25,26)(H,27,28)/b11-10+. The van der Waals surface area contributed by atoms with Crippen molar-refractivity contribution in [3.63, 3.8) is 0 Å². The lowest BCUT2D eigenvalue weighted by molar-refractivity contribution is -0.124. The van der Waals surface area contributed by atoms with Gasteiger partial charge in [-0.25, -0.2) is 10.5 Å². The van der Waals surface area contributed by atoms with Crippen LogP contribution in [0.1, 0.15) is 16.7 Å². The molecule has 29 heavy (non-hydrogen) atoms. The van der Waals surface area contributed by atoms with Gasteiger partial charge in [0.2, 0.25) is 0 Å². The Kier molecular flexibility index (Phi) is 5.65. The van der Waals surface area contributed by atoms with Gasteiger partial charge in [-0.2, -0.15) is 0 Å². The van der Waals surface area contributed by atoms with Gasteiger partial charge in [-0.3, -0.25) is 10.0 Å². The van der Waals surface area contributed by atoms with Crippen LogP contribution in [0.5, 0.6) is 0 Å². The van der Waals surface area contributed by atoms with Crippen LogP contribution in [0, 0.1) is 0 Å². The Bertz CT molecular complexity index is 1160. The van der Waals surface area contributed by atoms with Gasteiger partial charge in [0.15, 0.2) is 0 Å². The van der Waals surface area contributed by atoms with Crippen molar-refractivity contribution in [2.75, 3.05) is 6.54 Å². The zero-order valence-corrected chi connectivity index (χ0v) is 15.9. The molecule has 2 heterocycles. The predicted octanol–water partition coefficient (Wildman–Crippen LogP) is 3.57. The molecule has 2 aromatic heterocycles. The number of aromatic nitrogens is 2. The number of pyridine rings is 1. The van der Waals surface area contributed by atoms with E-state index in [4.69, 9.17) is 5.21 Å². The number of hydrogen-bond donors (Lipinski definition) is 4. The zero-order valence-electron chi connectivity index (χ0n) is 15.9. The molecule has 0 aliphatic heterocycles. The van der Waals surface area contributed by atoms with E-state index in [1.54, 1.807) is 17.8 Å². The van der Waals surface area contributed by atoms with E-state index < -0.39 is 5.91 Å². The number of aromatic amines is 1. The molecule has 2 aromatic carbocycles. The smallest absolute Gasteiger partial charge is 0.267 e. The Balaban J connectivity index is 1.35. The summed E-state index contributed by atoms with van der Waals surface area (Å²) in [5.74, 6) is -0.545. The number of hydroxylamine groups is 1. The largest absolute Gasteiger partial charge is 0.339 e. The van der Waals surface area contributed by atoms with Crippen LogP contribution in [-0.2, 0) is 17.8 Å². The van der Waals surface area contributed by atoms with Crippen LogP contribution in [0.3, 0.4) is 0 Å². The molecule has 4 aromatic rings. The highest BCUT2D eigenvalue weighted by atomic mass is 16.5. The molecule has 0 unspecified atom stereocenters.